The highest BCUT2D eigenvalue weighted by Gasteiger charge is 2.25. The molecule has 0 amide bonds. The first kappa shape index (κ1) is 40.1. The zero-order chi connectivity index (χ0) is 43.6. The molecule has 0 saturated heterocycles. The van der Waals surface area contributed by atoms with Crippen LogP contribution in [0.15, 0.2) is 130 Å². The summed E-state index contributed by atoms with van der Waals surface area (Å²) in [6, 6.07) is 42.8. The van der Waals surface area contributed by atoms with E-state index < -0.39 is 8.24 Å². The quantitative estimate of drug-likeness (QED) is 0.0947. The third-order valence-electron chi connectivity index (χ3n) is 13.5. The van der Waals surface area contributed by atoms with Crippen molar-refractivity contribution in [1.82, 2.24) is 0 Å². The molecule has 0 saturated carbocycles. The molecule has 64 heavy (non-hydrogen) atoms. The maximum Gasteiger partial charge on any atom is 0.387 e. The van der Waals surface area contributed by atoms with Gasteiger partial charge in [0.25, 0.3) is 0 Å². The molecule has 0 aliphatic heterocycles. The minimum Gasteiger partial charge on any atom is -0.496 e. The molecule has 0 bridgehead atoms. The molecule has 320 valence electrons. The summed E-state index contributed by atoms with van der Waals surface area (Å²) in [4.78, 5) is 0. The zero-order valence-electron chi connectivity index (χ0n) is 37.0. The van der Waals surface area contributed by atoms with Crippen LogP contribution in [0.1, 0.15) is 39.5 Å². The van der Waals surface area contributed by atoms with Crippen molar-refractivity contribution in [3.63, 3.8) is 0 Å². The van der Waals surface area contributed by atoms with E-state index in [9.17, 15) is 0 Å². The van der Waals surface area contributed by atoms with E-state index in [1.807, 2.05) is 0 Å². The van der Waals surface area contributed by atoms with Crippen molar-refractivity contribution in [2.45, 2.75) is 39.5 Å². The van der Waals surface area contributed by atoms with Gasteiger partial charge in [-0.25, -0.2) is 0 Å². The molecular formula is C56H49O7P. The lowest BCUT2D eigenvalue weighted by Gasteiger charge is -2.17. The average Bonchev–Trinajstić information content (AvgIpc) is 3.50. The van der Waals surface area contributed by atoms with Crippen LogP contribution < -0.4 is 23.5 Å². The molecule has 0 spiro atoms. The number of fused-ring (bicyclic) bond motifs is 19. The van der Waals surface area contributed by atoms with E-state index in [0.717, 1.165) is 134 Å². The SMILES string of the molecule is CC[C@H](C)CCCCOp1oc2c(cc(OC)c3cc(OC)c4ccc5ccc6ccccc6c5c4c32)c2cc(OC)c3cc(OC)c4ccc5ccc6ccccc6c5c4c3c2o1. The van der Waals surface area contributed by atoms with Crippen molar-refractivity contribution < 1.29 is 31.9 Å². The van der Waals surface area contributed by atoms with E-state index in [4.69, 9.17) is 31.9 Å². The Kier molecular flexibility index (Phi) is 10.1. The second-order valence-corrected chi connectivity index (χ2v) is 18.0. The van der Waals surface area contributed by atoms with Gasteiger partial charge in [0.1, 0.15) is 23.0 Å². The molecule has 0 aliphatic carbocycles. The van der Waals surface area contributed by atoms with Gasteiger partial charge in [-0.1, -0.05) is 118 Å². The summed E-state index contributed by atoms with van der Waals surface area (Å²) in [5.41, 5.74) is 1.31. The first-order valence-corrected chi connectivity index (χ1v) is 23.2. The van der Waals surface area contributed by atoms with Gasteiger partial charge in [-0.15, -0.1) is 0 Å². The van der Waals surface area contributed by atoms with Crippen LogP contribution in [-0.2, 0) is 0 Å². The minimum absolute atomic E-state index is 0.485. The summed E-state index contributed by atoms with van der Waals surface area (Å²) in [6.45, 7) is 5.05. The fourth-order valence-corrected chi connectivity index (χ4v) is 11.2. The van der Waals surface area contributed by atoms with Crippen LogP contribution >= 0.6 is 8.24 Å². The first-order chi connectivity index (χ1) is 31.4. The smallest absolute Gasteiger partial charge is 0.387 e. The van der Waals surface area contributed by atoms with E-state index in [-0.39, 0.29) is 0 Å². The van der Waals surface area contributed by atoms with Crippen molar-refractivity contribution in [1.29, 1.82) is 0 Å². The lowest BCUT2D eigenvalue weighted by atomic mass is 9.90. The summed E-state index contributed by atoms with van der Waals surface area (Å²) < 4.78 is 46.6. The Hall–Kier alpha value is -6.66. The Morgan fingerprint density at radius 2 is 0.859 bits per heavy atom. The van der Waals surface area contributed by atoms with Gasteiger partial charge in [-0.05, 0) is 91.8 Å². The van der Waals surface area contributed by atoms with Crippen LogP contribution in [-0.4, -0.2) is 35.0 Å². The third-order valence-corrected chi connectivity index (χ3v) is 14.5. The first-order valence-electron chi connectivity index (χ1n) is 22.2. The molecule has 1 heterocycles. The molecule has 0 unspecified atom stereocenters. The summed E-state index contributed by atoms with van der Waals surface area (Å²) in [6.07, 6.45) is 4.24. The molecule has 0 N–H and O–H groups in total. The predicted octanol–water partition coefficient (Wildman–Crippen LogP) is 16.2. The molecule has 7 nitrogen and oxygen atoms in total. The Morgan fingerprint density at radius 1 is 0.438 bits per heavy atom. The van der Waals surface area contributed by atoms with E-state index in [2.05, 4.69) is 135 Å². The number of benzene rings is 10. The molecule has 10 aromatic carbocycles. The number of ether oxygens (including phenoxy) is 4. The monoisotopic (exact) mass is 864 g/mol. The van der Waals surface area contributed by atoms with Gasteiger partial charge in [0, 0.05) is 53.9 Å². The van der Waals surface area contributed by atoms with Crippen molar-refractivity contribution in [3.8, 4) is 23.0 Å². The molecule has 0 aliphatic rings. The number of unbranched alkanes of at least 4 members (excludes halogenated alkanes) is 1. The lowest BCUT2D eigenvalue weighted by Crippen LogP contribution is -1.97. The maximum atomic E-state index is 7.34. The van der Waals surface area contributed by atoms with Crippen molar-refractivity contribution >= 4 is 116 Å². The number of hydrogen-bond acceptors (Lipinski definition) is 7. The van der Waals surface area contributed by atoms with Crippen LogP contribution in [0, 0.1) is 5.92 Å². The maximum absolute atomic E-state index is 7.34. The summed E-state index contributed by atoms with van der Waals surface area (Å²) in [7, 11) is 4.88. The highest BCUT2D eigenvalue weighted by molar-refractivity contribution is 7.31. The minimum atomic E-state index is -2.01. The Morgan fingerprint density at radius 3 is 1.33 bits per heavy atom. The van der Waals surface area contributed by atoms with E-state index in [0.29, 0.717) is 35.2 Å². The van der Waals surface area contributed by atoms with Gasteiger partial charge in [0.15, 0.2) is 11.2 Å². The third kappa shape index (κ3) is 6.28. The van der Waals surface area contributed by atoms with E-state index >= 15 is 0 Å². The van der Waals surface area contributed by atoms with Crippen molar-refractivity contribution in [3.05, 3.63) is 121 Å². The molecule has 11 rings (SSSR count). The van der Waals surface area contributed by atoms with Crippen LogP contribution in [0.4, 0.5) is 0 Å². The molecule has 1 atom stereocenters. The van der Waals surface area contributed by atoms with Gasteiger partial charge >= 0.3 is 8.24 Å². The molecule has 0 fully saturated rings. The fraction of sp³-hybridized carbons (Fsp3) is 0.214. The highest BCUT2D eigenvalue weighted by atomic mass is 31.1. The van der Waals surface area contributed by atoms with Crippen LogP contribution in [0.2, 0.25) is 0 Å². The van der Waals surface area contributed by atoms with Crippen LogP contribution in [0.25, 0.3) is 108 Å². The normalized spacial score (nSPS) is 12.5. The highest BCUT2D eigenvalue weighted by Crippen LogP contribution is 2.52. The zero-order valence-corrected chi connectivity index (χ0v) is 37.9. The topological polar surface area (TPSA) is 72.4 Å². The number of methoxy groups -OCH3 is 4. The number of hydrogen-bond donors (Lipinski definition) is 0. The van der Waals surface area contributed by atoms with Crippen LogP contribution in [0.5, 0.6) is 23.0 Å². The standard InChI is InChI=1S/C56H49O7P/c1-7-32(2)14-12-13-27-61-64-62-55-41(28-47(59-5)43-30-45(57-3)39-25-23-35-21-19-33-15-8-10-17-37(33)49(35)51(39)53(43)55)42-29-48(60-6)44-31-46(58-4)40-26-24-36-22-20-34-16-9-11-18-38(34)50(36)52(40)54(44)56(42)63-64/h8-11,15-26,28-32H,7,12-14,27H2,1-6H3/t32-/m0/s1. The van der Waals surface area contributed by atoms with Gasteiger partial charge in [0.2, 0.25) is 0 Å². The molecule has 8 heteroatoms. The Labute approximate surface area is 371 Å². The Balaban J connectivity index is 1.39. The van der Waals surface area contributed by atoms with Gasteiger partial charge in [-0.3, -0.25) is 4.52 Å². The second kappa shape index (κ2) is 16.2. The lowest BCUT2D eigenvalue weighted by molar-refractivity contribution is 0.349. The number of rotatable bonds is 11. The Bertz CT molecular complexity index is 3490. The van der Waals surface area contributed by atoms with Crippen LogP contribution in [0.3, 0.4) is 0 Å². The summed E-state index contributed by atoms with van der Waals surface area (Å²) in [5.74, 6) is 3.49. The fourth-order valence-electron chi connectivity index (χ4n) is 10.1. The van der Waals surface area contributed by atoms with Gasteiger partial charge in [0.05, 0.1) is 35.0 Å². The largest absolute Gasteiger partial charge is 0.496 e. The van der Waals surface area contributed by atoms with E-state index in [1.54, 1.807) is 28.4 Å². The van der Waals surface area contributed by atoms with Crippen molar-refractivity contribution in [2.75, 3.05) is 35.0 Å². The molecular weight excluding hydrogens is 816 g/mol. The molecule has 11 aromatic rings. The summed E-state index contributed by atoms with van der Waals surface area (Å²) >= 11 is 0. The van der Waals surface area contributed by atoms with Gasteiger partial charge in [-0.2, -0.15) is 0 Å². The molecule has 1 aromatic heterocycles. The van der Waals surface area contributed by atoms with Gasteiger partial charge < -0.3 is 27.3 Å². The second-order valence-electron chi connectivity index (χ2n) is 16.9. The average molecular weight is 865 g/mol. The van der Waals surface area contributed by atoms with Crippen molar-refractivity contribution in [2.24, 2.45) is 5.92 Å². The molecule has 0 radical (unpaired) electrons. The predicted molar refractivity (Wildman–Crippen MR) is 267 cm³/mol. The van der Waals surface area contributed by atoms with E-state index in [1.165, 1.54) is 0 Å². The summed E-state index contributed by atoms with van der Waals surface area (Å²) in [5, 5.41) is 18.0.